The molecule has 0 saturated heterocycles. The van der Waals surface area contributed by atoms with Gasteiger partial charge in [-0.05, 0) is 30.7 Å². The molecule has 2 N–H and O–H groups in total. The molecular formula is C13H18N2O5. The summed E-state index contributed by atoms with van der Waals surface area (Å²) >= 11 is 0. The number of aliphatic hydroxyl groups is 1. The van der Waals surface area contributed by atoms with Crippen LogP contribution in [0.4, 0.5) is 5.88 Å². The predicted octanol–water partition coefficient (Wildman–Crippen LogP) is 1.72. The maximum atomic E-state index is 11.8. The second-order valence-corrected chi connectivity index (χ2v) is 5.09. The number of carbonyl (C=O) groups is 1. The lowest BCUT2D eigenvalue weighted by atomic mass is 9.79. The lowest BCUT2D eigenvalue weighted by Crippen LogP contribution is -2.35. The van der Waals surface area contributed by atoms with E-state index in [2.05, 4.69) is 5.32 Å². The Hall–Kier alpha value is -1.89. The maximum absolute atomic E-state index is 11.8. The molecule has 1 aliphatic rings. The van der Waals surface area contributed by atoms with Crippen LogP contribution in [0.25, 0.3) is 0 Å². The van der Waals surface area contributed by atoms with Crippen molar-refractivity contribution in [2.45, 2.75) is 25.7 Å². The summed E-state index contributed by atoms with van der Waals surface area (Å²) in [5, 5.41) is 22.5. The molecule has 1 aromatic rings. The Balaban J connectivity index is 1.89. The zero-order valence-corrected chi connectivity index (χ0v) is 11.1. The third-order valence-corrected chi connectivity index (χ3v) is 3.82. The highest BCUT2D eigenvalue weighted by atomic mass is 16.6. The van der Waals surface area contributed by atoms with Gasteiger partial charge in [-0.3, -0.25) is 14.9 Å². The van der Waals surface area contributed by atoms with Gasteiger partial charge in [0, 0.05) is 13.2 Å². The quantitative estimate of drug-likeness (QED) is 0.631. The number of amides is 1. The first-order chi connectivity index (χ1) is 9.61. The fourth-order valence-electron chi connectivity index (χ4n) is 2.65. The molecule has 0 spiro atoms. The molecule has 2 atom stereocenters. The topological polar surface area (TPSA) is 106 Å². The van der Waals surface area contributed by atoms with Gasteiger partial charge in [0.1, 0.15) is 4.92 Å². The Morgan fingerprint density at radius 1 is 1.40 bits per heavy atom. The van der Waals surface area contributed by atoms with Crippen LogP contribution in [-0.4, -0.2) is 29.1 Å². The standard InChI is InChI=1S/C13H18N2O5/c16-8-10-4-2-1-3-9(10)7-14-13(17)11-5-6-12(20-11)15(18)19/h5-6,9-10,16H,1-4,7-8H2,(H,14,17). The summed E-state index contributed by atoms with van der Waals surface area (Å²) in [5.41, 5.74) is 0. The minimum atomic E-state index is -0.681. The molecule has 0 aromatic carbocycles. The van der Waals surface area contributed by atoms with E-state index >= 15 is 0 Å². The summed E-state index contributed by atoms with van der Waals surface area (Å²) in [4.78, 5) is 21.6. The van der Waals surface area contributed by atoms with Gasteiger partial charge in [-0.25, -0.2) is 0 Å². The number of nitrogens with one attached hydrogen (secondary N) is 1. The first kappa shape index (κ1) is 14.5. The van der Waals surface area contributed by atoms with Crippen LogP contribution in [0.1, 0.15) is 36.2 Å². The van der Waals surface area contributed by atoms with Crippen molar-refractivity contribution in [2.24, 2.45) is 11.8 Å². The average molecular weight is 282 g/mol. The van der Waals surface area contributed by atoms with E-state index in [9.17, 15) is 20.0 Å². The van der Waals surface area contributed by atoms with Gasteiger partial charge in [0.15, 0.2) is 5.76 Å². The molecule has 7 heteroatoms. The van der Waals surface area contributed by atoms with E-state index in [1.807, 2.05) is 0 Å². The van der Waals surface area contributed by atoms with Crippen molar-refractivity contribution in [3.63, 3.8) is 0 Å². The summed E-state index contributed by atoms with van der Waals surface area (Å²) < 4.78 is 4.84. The zero-order chi connectivity index (χ0) is 14.5. The molecule has 110 valence electrons. The van der Waals surface area contributed by atoms with Crippen LogP contribution < -0.4 is 5.32 Å². The Morgan fingerprint density at radius 2 is 2.10 bits per heavy atom. The number of rotatable bonds is 5. The Bertz CT molecular complexity index is 485. The van der Waals surface area contributed by atoms with Crippen LogP contribution in [0, 0.1) is 22.0 Å². The van der Waals surface area contributed by atoms with E-state index < -0.39 is 16.7 Å². The Morgan fingerprint density at radius 3 is 2.70 bits per heavy atom. The second-order valence-electron chi connectivity index (χ2n) is 5.09. The van der Waals surface area contributed by atoms with E-state index in [4.69, 9.17) is 4.42 Å². The molecule has 1 fully saturated rings. The molecule has 1 amide bonds. The predicted molar refractivity (Wildman–Crippen MR) is 70.2 cm³/mol. The highest BCUT2D eigenvalue weighted by Crippen LogP contribution is 2.29. The van der Waals surface area contributed by atoms with Gasteiger partial charge in [0.25, 0.3) is 5.91 Å². The number of hydrogen-bond acceptors (Lipinski definition) is 5. The Labute approximate surface area is 116 Å². The van der Waals surface area contributed by atoms with Gasteiger partial charge in [0.05, 0.1) is 6.07 Å². The molecule has 1 aromatic heterocycles. The molecule has 1 aliphatic carbocycles. The van der Waals surface area contributed by atoms with Crippen molar-refractivity contribution in [3.8, 4) is 0 Å². The number of nitrogens with zero attached hydrogens (tertiary/aromatic N) is 1. The lowest BCUT2D eigenvalue weighted by molar-refractivity contribution is -0.402. The fourth-order valence-corrected chi connectivity index (χ4v) is 2.65. The Kier molecular flexibility index (Phi) is 4.73. The minimum Gasteiger partial charge on any atom is -0.396 e. The van der Waals surface area contributed by atoms with E-state index in [0.29, 0.717) is 6.54 Å². The molecule has 7 nitrogen and oxygen atoms in total. The van der Waals surface area contributed by atoms with Gasteiger partial charge in [-0.1, -0.05) is 12.8 Å². The number of nitro groups is 1. The van der Waals surface area contributed by atoms with Crippen LogP contribution in [-0.2, 0) is 0 Å². The van der Waals surface area contributed by atoms with Gasteiger partial charge >= 0.3 is 5.88 Å². The molecule has 0 bridgehead atoms. The van der Waals surface area contributed by atoms with Crippen molar-refractivity contribution in [3.05, 3.63) is 28.0 Å². The third-order valence-electron chi connectivity index (χ3n) is 3.82. The number of furan rings is 1. The molecular weight excluding hydrogens is 264 g/mol. The van der Waals surface area contributed by atoms with Gasteiger partial charge < -0.3 is 14.8 Å². The highest BCUT2D eigenvalue weighted by Gasteiger charge is 2.25. The van der Waals surface area contributed by atoms with Crippen LogP contribution in [0.5, 0.6) is 0 Å². The first-order valence-electron chi connectivity index (χ1n) is 6.75. The van der Waals surface area contributed by atoms with Gasteiger partial charge in [0.2, 0.25) is 0 Å². The summed E-state index contributed by atoms with van der Waals surface area (Å²) in [6, 6.07) is 2.45. The smallest absolute Gasteiger partial charge is 0.396 e. The monoisotopic (exact) mass is 282 g/mol. The number of carbonyl (C=O) groups excluding carboxylic acids is 1. The summed E-state index contributed by atoms with van der Waals surface area (Å²) in [6.45, 7) is 0.589. The van der Waals surface area contributed by atoms with E-state index in [-0.39, 0.29) is 24.2 Å². The van der Waals surface area contributed by atoms with Crippen LogP contribution in [0.15, 0.2) is 16.5 Å². The van der Waals surface area contributed by atoms with Crippen molar-refractivity contribution < 1.29 is 19.2 Å². The highest BCUT2D eigenvalue weighted by molar-refractivity contribution is 5.91. The van der Waals surface area contributed by atoms with Crippen molar-refractivity contribution >= 4 is 11.8 Å². The van der Waals surface area contributed by atoms with E-state index in [1.165, 1.54) is 6.07 Å². The molecule has 0 aliphatic heterocycles. The number of aliphatic hydroxyl groups excluding tert-OH is 1. The summed E-state index contributed by atoms with van der Waals surface area (Å²) in [7, 11) is 0. The van der Waals surface area contributed by atoms with Crippen molar-refractivity contribution in [2.75, 3.05) is 13.2 Å². The lowest BCUT2D eigenvalue weighted by Gasteiger charge is -2.30. The minimum absolute atomic E-state index is 0.0620. The first-order valence-corrected chi connectivity index (χ1v) is 6.75. The van der Waals surface area contributed by atoms with Gasteiger partial charge in [-0.15, -0.1) is 0 Å². The molecule has 20 heavy (non-hydrogen) atoms. The summed E-state index contributed by atoms with van der Waals surface area (Å²) in [5.74, 6) is -0.493. The van der Waals surface area contributed by atoms with Crippen molar-refractivity contribution in [1.82, 2.24) is 5.32 Å². The summed E-state index contributed by atoms with van der Waals surface area (Å²) in [6.07, 6.45) is 4.16. The maximum Gasteiger partial charge on any atom is 0.433 e. The van der Waals surface area contributed by atoms with E-state index in [0.717, 1.165) is 31.7 Å². The molecule has 1 saturated carbocycles. The second kappa shape index (κ2) is 6.51. The fraction of sp³-hybridized carbons (Fsp3) is 0.615. The average Bonchev–Trinajstić information content (AvgIpc) is 2.95. The molecule has 2 unspecified atom stereocenters. The van der Waals surface area contributed by atoms with Crippen LogP contribution in [0.3, 0.4) is 0 Å². The van der Waals surface area contributed by atoms with Crippen molar-refractivity contribution in [1.29, 1.82) is 0 Å². The SMILES string of the molecule is O=C(NCC1CCCCC1CO)c1ccc([N+](=O)[O-])o1. The van der Waals surface area contributed by atoms with Crippen LogP contribution in [0.2, 0.25) is 0 Å². The molecule has 1 heterocycles. The molecule has 2 rings (SSSR count). The normalized spacial score (nSPS) is 22.4. The third kappa shape index (κ3) is 3.36. The van der Waals surface area contributed by atoms with Gasteiger partial charge in [-0.2, -0.15) is 0 Å². The number of hydrogen-bond donors (Lipinski definition) is 2. The largest absolute Gasteiger partial charge is 0.433 e. The van der Waals surface area contributed by atoms with E-state index in [1.54, 1.807) is 0 Å². The molecule has 0 radical (unpaired) electrons. The van der Waals surface area contributed by atoms with Crippen LogP contribution >= 0.6 is 0 Å². The zero-order valence-electron chi connectivity index (χ0n) is 11.1.